The Morgan fingerprint density at radius 3 is 2.07 bits per heavy atom. The molecule has 0 aliphatic carbocycles. The molecule has 14 nitrogen and oxygen atoms in total. The van der Waals surface area contributed by atoms with Gasteiger partial charge in [0.1, 0.15) is 29.5 Å². The quantitative estimate of drug-likeness (QED) is 0.121. The van der Waals surface area contributed by atoms with E-state index in [4.69, 9.17) is 9.47 Å². The number of carbonyl (C=O) groups is 6. The second-order valence-electron chi connectivity index (χ2n) is 17.8. The van der Waals surface area contributed by atoms with Crippen molar-refractivity contribution in [3.05, 3.63) is 47.4 Å². The maximum Gasteiger partial charge on any atom is 0.410 e. The second kappa shape index (κ2) is 19.7. The lowest BCUT2D eigenvalue weighted by Crippen LogP contribution is -2.63. The Hall–Kier alpha value is -4.95. The third-order valence-electron chi connectivity index (χ3n) is 10.0. The molecule has 4 atom stereocenters. The zero-order chi connectivity index (χ0) is 44.7. The number of ether oxygens (including phenoxy) is 3. The topological polar surface area (TPSA) is 166 Å². The molecule has 0 fully saturated rings. The molecule has 58 heavy (non-hydrogen) atoms. The van der Waals surface area contributed by atoms with Crippen LogP contribution >= 0.6 is 0 Å². The second-order valence-corrected chi connectivity index (χ2v) is 17.8. The van der Waals surface area contributed by atoms with Gasteiger partial charge >= 0.3 is 18.0 Å². The third kappa shape index (κ3) is 12.5. The van der Waals surface area contributed by atoms with Crippen LogP contribution in [0.2, 0.25) is 0 Å². The summed E-state index contributed by atoms with van der Waals surface area (Å²) in [4.78, 5) is 83.6. The highest BCUT2D eigenvalue weighted by Gasteiger charge is 2.47. The first-order valence-electron chi connectivity index (χ1n) is 19.6. The number of hydrogen-bond acceptors (Lipinski definition) is 9. The molecule has 2 N–H and O–H groups in total. The summed E-state index contributed by atoms with van der Waals surface area (Å²) < 4.78 is 32.0. The molecule has 1 aromatic carbocycles. The van der Waals surface area contributed by atoms with Crippen molar-refractivity contribution >= 4 is 46.7 Å². The Balaban J connectivity index is 2.59. The monoisotopic (exact) mass is 815 g/mol. The Kier molecular flexibility index (Phi) is 16.7. The molecule has 2 rings (SSSR count). The van der Waals surface area contributed by atoms with Gasteiger partial charge < -0.3 is 34.3 Å². The van der Waals surface area contributed by atoms with Gasteiger partial charge in [0.05, 0.1) is 19.8 Å². The fourth-order valence-electron chi connectivity index (χ4n) is 6.88. The SMILES string of the molecule is CCOC(=O)[C@@H](CCC(=O)OC)NC(=O)/C(C)=C/[C@H](C(C)C)N(C)C(=O)[C@@H](NC(=O)[C@@H](N(C)C(=O)OC(C)(C)C)C(C)(C)c1cn(C)c2ccc(F)cc12)C(C)(C)C. The van der Waals surface area contributed by atoms with Crippen molar-refractivity contribution in [3.63, 3.8) is 0 Å². The van der Waals surface area contributed by atoms with Crippen molar-refractivity contribution in [1.82, 2.24) is 25.0 Å². The van der Waals surface area contributed by atoms with Crippen LogP contribution in [0.5, 0.6) is 0 Å². The maximum atomic E-state index is 14.8. The fraction of sp³-hybridized carbons (Fsp3) is 0.628. The first kappa shape index (κ1) is 49.2. The van der Waals surface area contributed by atoms with Crippen LogP contribution in [0.15, 0.2) is 36.0 Å². The van der Waals surface area contributed by atoms with Gasteiger partial charge in [0, 0.05) is 55.7 Å². The number of amides is 4. The summed E-state index contributed by atoms with van der Waals surface area (Å²) in [6.07, 6.45) is 2.49. The number of rotatable bonds is 16. The summed E-state index contributed by atoms with van der Waals surface area (Å²) in [5.41, 5.74) is -1.37. The minimum atomic E-state index is -1.25. The summed E-state index contributed by atoms with van der Waals surface area (Å²) in [5.74, 6) is -3.63. The highest BCUT2D eigenvalue weighted by Crippen LogP contribution is 2.37. The Bertz CT molecular complexity index is 1850. The summed E-state index contributed by atoms with van der Waals surface area (Å²) in [6.45, 7) is 21.1. The van der Waals surface area contributed by atoms with Crippen molar-refractivity contribution in [2.45, 2.75) is 131 Å². The molecule has 324 valence electrons. The van der Waals surface area contributed by atoms with E-state index in [0.717, 1.165) is 5.52 Å². The summed E-state index contributed by atoms with van der Waals surface area (Å²) in [6, 6.07) is 0.248. The lowest BCUT2D eigenvalue weighted by atomic mass is 9.76. The third-order valence-corrected chi connectivity index (χ3v) is 10.0. The van der Waals surface area contributed by atoms with Gasteiger partial charge in [-0.1, -0.05) is 54.5 Å². The molecule has 0 spiro atoms. The van der Waals surface area contributed by atoms with E-state index < -0.39 is 82.2 Å². The minimum Gasteiger partial charge on any atom is -0.469 e. The molecule has 0 aliphatic heterocycles. The fourth-order valence-corrected chi connectivity index (χ4v) is 6.88. The van der Waals surface area contributed by atoms with E-state index >= 15 is 0 Å². The van der Waals surface area contributed by atoms with Gasteiger partial charge in [-0.15, -0.1) is 0 Å². The smallest absolute Gasteiger partial charge is 0.410 e. The van der Waals surface area contributed by atoms with Crippen LogP contribution in [0.25, 0.3) is 10.9 Å². The predicted molar refractivity (Wildman–Crippen MR) is 220 cm³/mol. The number of aromatic nitrogens is 1. The van der Waals surface area contributed by atoms with Gasteiger partial charge in [0.25, 0.3) is 0 Å². The van der Waals surface area contributed by atoms with E-state index in [-0.39, 0.29) is 30.9 Å². The molecular weight excluding hydrogens is 749 g/mol. The van der Waals surface area contributed by atoms with Crippen molar-refractivity contribution < 1.29 is 47.4 Å². The molecular formula is C43H66FN5O9. The van der Waals surface area contributed by atoms with E-state index in [1.807, 2.05) is 25.5 Å². The van der Waals surface area contributed by atoms with Crippen LogP contribution in [0.3, 0.4) is 0 Å². The van der Waals surface area contributed by atoms with Gasteiger partial charge in [-0.25, -0.2) is 14.0 Å². The minimum absolute atomic E-state index is 0.0399. The number of fused-ring (bicyclic) bond motifs is 1. The first-order valence-corrected chi connectivity index (χ1v) is 19.6. The molecule has 0 radical (unpaired) electrons. The zero-order valence-electron chi connectivity index (χ0n) is 37.3. The van der Waals surface area contributed by atoms with Crippen LogP contribution in [-0.4, -0.2) is 108 Å². The van der Waals surface area contributed by atoms with Crippen LogP contribution in [0, 0.1) is 17.2 Å². The van der Waals surface area contributed by atoms with Crippen molar-refractivity contribution in [2.24, 2.45) is 18.4 Å². The van der Waals surface area contributed by atoms with Crippen molar-refractivity contribution in [1.29, 1.82) is 0 Å². The average molecular weight is 816 g/mol. The van der Waals surface area contributed by atoms with Gasteiger partial charge in [-0.3, -0.25) is 24.1 Å². The lowest BCUT2D eigenvalue weighted by Gasteiger charge is -2.42. The Labute approximate surface area is 343 Å². The van der Waals surface area contributed by atoms with Crippen LogP contribution < -0.4 is 10.6 Å². The summed E-state index contributed by atoms with van der Waals surface area (Å²) in [5, 5.41) is 6.18. The molecule has 2 aromatic rings. The van der Waals surface area contributed by atoms with Crippen LogP contribution in [0.4, 0.5) is 9.18 Å². The number of esters is 2. The summed E-state index contributed by atoms with van der Waals surface area (Å²) >= 11 is 0. The largest absolute Gasteiger partial charge is 0.469 e. The number of carbonyl (C=O) groups excluding carboxylic acids is 6. The number of aryl methyl sites for hydroxylation is 1. The lowest BCUT2D eigenvalue weighted by molar-refractivity contribution is -0.148. The van der Waals surface area contributed by atoms with Gasteiger partial charge in [-0.05, 0) is 76.1 Å². The number of hydrogen-bond donors (Lipinski definition) is 2. The highest BCUT2D eigenvalue weighted by molar-refractivity contribution is 5.97. The Morgan fingerprint density at radius 1 is 0.948 bits per heavy atom. The standard InChI is InChI=1S/C43H66FN5O9/c1-17-57-39(54)30(19-21-33(50)56-16)45-36(51)26(4)22-32(25(2)3)48(14)38(53)34(41(5,6)7)46-37(52)35(49(15)40(55)58-42(8,9)10)43(11,12)29-24-47(13)31-20-18-27(44)23-28(29)31/h18,20,22-25,30,32,34-35H,17,19,21H2,1-16H3,(H,45,51)(H,46,52)/b26-22+/t30-,32-,34-,35-/m1/s1. The predicted octanol–water partition coefficient (Wildman–Crippen LogP) is 5.79. The Morgan fingerprint density at radius 2 is 1.55 bits per heavy atom. The van der Waals surface area contributed by atoms with Crippen molar-refractivity contribution in [2.75, 3.05) is 27.8 Å². The normalized spacial score (nSPS) is 14.6. The molecule has 1 heterocycles. The number of halogens is 1. The molecule has 15 heteroatoms. The molecule has 0 aliphatic rings. The maximum absolute atomic E-state index is 14.8. The van der Waals surface area contributed by atoms with Crippen LogP contribution in [0.1, 0.15) is 101 Å². The van der Waals surface area contributed by atoms with E-state index in [0.29, 0.717) is 10.9 Å². The number of likely N-dealkylation sites (N-methyl/N-ethyl adjacent to an activating group) is 2. The number of nitrogens with zero attached hydrogens (tertiary/aromatic N) is 3. The average Bonchev–Trinajstić information content (AvgIpc) is 3.44. The molecule has 0 unspecified atom stereocenters. The van der Waals surface area contributed by atoms with Gasteiger partial charge in [0.15, 0.2) is 0 Å². The molecule has 1 aromatic heterocycles. The molecule has 0 saturated heterocycles. The van der Waals surface area contributed by atoms with Gasteiger partial charge in [0.2, 0.25) is 17.7 Å². The number of benzene rings is 1. The highest BCUT2D eigenvalue weighted by atomic mass is 19.1. The van der Waals surface area contributed by atoms with Crippen LogP contribution in [-0.2, 0) is 50.6 Å². The van der Waals surface area contributed by atoms with E-state index in [1.54, 1.807) is 94.6 Å². The number of methoxy groups -OCH3 is 1. The first-order chi connectivity index (χ1) is 26.6. The number of nitrogens with one attached hydrogen (secondary N) is 2. The van der Waals surface area contributed by atoms with Gasteiger partial charge in [-0.2, -0.15) is 0 Å². The zero-order valence-corrected chi connectivity index (χ0v) is 37.3. The molecule has 0 bridgehead atoms. The molecule has 0 saturated carbocycles. The van der Waals surface area contributed by atoms with Crippen molar-refractivity contribution in [3.8, 4) is 0 Å². The van der Waals surface area contributed by atoms with E-state index in [2.05, 4.69) is 15.4 Å². The van der Waals surface area contributed by atoms with E-state index in [1.165, 1.54) is 36.1 Å². The van der Waals surface area contributed by atoms with E-state index in [9.17, 15) is 33.2 Å². The molecule has 4 amide bonds. The summed E-state index contributed by atoms with van der Waals surface area (Å²) in [7, 11) is 6.08.